The van der Waals surface area contributed by atoms with Crippen molar-refractivity contribution in [3.63, 3.8) is 0 Å². The summed E-state index contributed by atoms with van der Waals surface area (Å²) in [4.78, 5) is 26.2. The van der Waals surface area contributed by atoms with Crippen molar-refractivity contribution in [2.45, 2.75) is 32.9 Å². The number of rotatable bonds is 5. The van der Waals surface area contributed by atoms with Gasteiger partial charge in [-0.05, 0) is 38.3 Å². The van der Waals surface area contributed by atoms with Gasteiger partial charge < -0.3 is 25.0 Å². The largest absolute Gasteiger partial charge is 0.492 e. The fourth-order valence-electron chi connectivity index (χ4n) is 3.74. The summed E-state index contributed by atoms with van der Waals surface area (Å²) in [6.07, 6.45) is 2.41. The minimum Gasteiger partial charge on any atom is -0.492 e. The molecule has 1 aliphatic heterocycles. The summed E-state index contributed by atoms with van der Waals surface area (Å²) < 4.78 is 7.45. The normalized spacial score (nSPS) is 18.3. The lowest BCUT2D eigenvalue weighted by atomic mass is 10.0. The third kappa shape index (κ3) is 2.92. The van der Waals surface area contributed by atoms with E-state index in [4.69, 9.17) is 10.5 Å². The Morgan fingerprint density at radius 3 is 2.73 bits per heavy atom. The molecule has 0 saturated carbocycles. The summed E-state index contributed by atoms with van der Waals surface area (Å²) in [6.45, 7) is 6.16. The van der Waals surface area contributed by atoms with Crippen LogP contribution in [0.25, 0.3) is 10.9 Å². The molecule has 1 aromatic carbocycles. The molecule has 7 heteroatoms. The second-order valence-electron chi connectivity index (χ2n) is 6.83. The highest BCUT2D eigenvalue weighted by atomic mass is 16.5. The summed E-state index contributed by atoms with van der Waals surface area (Å²) >= 11 is 0. The summed E-state index contributed by atoms with van der Waals surface area (Å²) in [7, 11) is 1.58. The van der Waals surface area contributed by atoms with Crippen molar-refractivity contribution in [1.29, 1.82) is 0 Å². The number of nitrogens with two attached hydrogens (primary N) is 1. The lowest BCUT2D eigenvalue weighted by Crippen LogP contribution is -2.30. The van der Waals surface area contributed by atoms with Gasteiger partial charge in [-0.15, -0.1) is 0 Å². The highest BCUT2D eigenvalue weighted by molar-refractivity contribution is 5.96. The number of aromatic nitrogens is 1. The molecular formula is C19H25N3O4. The van der Waals surface area contributed by atoms with Crippen molar-refractivity contribution in [1.82, 2.24) is 4.57 Å². The average Bonchev–Trinajstić information content (AvgIpc) is 3.11. The molecule has 0 aliphatic carbocycles. The van der Waals surface area contributed by atoms with Crippen LogP contribution in [0.2, 0.25) is 0 Å². The van der Waals surface area contributed by atoms with E-state index in [2.05, 4.69) is 4.90 Å². The summed E-state index contributed by atoms with van der Waals surface area (Å²) in [5.41, 5.74) is 6.87. The molecule has 3 rings (SSSR count). The number of carbonyl (C=O) groups is 1. The summed E-state index contributed by atoms with van der Waals surface area (Å²) in [5.74, 6) is -0.205. The molecule has 3 N–H and O–H groups in total. The average molecular weight is 359 g/mol. The second kappa shape index (κ2) is 6.99. The third-order valence-electron chi connectivity index (χ3n) is 5.26. The fraction of sp³-hybridized carbons (Fsp3) is 0.474. The molecule has 2 atom stereocenters. The Morgan fingerprint density at radius 1 is 1.46 bits per heavy atom. The van der Waals surface area contributed by atoms with Gasteiger partial charge >= 0.3 is 5.97 Å². The first kappa shape index (κ1) is 18.3. The topological polar surface area (TPSA) is 97.8 Å². The van der Waals surface area contributed by atoms with E-state index in [0.717, 1.165) is 25.2 Å². The number of nitrogens with zero attached hydrogens (tertiary/aromatic N) is 2. The van der Waals surface area contributed by atoms with Crippen molar-refractivity contribution in [3.05, 3.63) is 34.1 Å². The number of methoxy groups -OCH3 is 1. The van der Waals surface area contributed by atoms with Gasteiger partial charge in [0, 0.05) is 31.9 Å². The van der Waals surface area contributed by atoms with Crippen LogP contribution in [-0.2, 0) is 6.54 Å². The first-order valence-electron chi connectivity index (χ1n) is 8.87. The molecule has 0 unspecified atom stereocenters. The number of aromatic carboxylic acids is 1. The maximum Gasteiger partial charge on any atom is 0.341 e. The number of hydrogen-bond acceptors (Lipinski definition) is 5. The standard InChI is InChI=1S/C19H25N3O4/c1-4-21-10-14(19(24)25)17(23)13-5-6-15(18(26-3)16(13)21)22-8-7-12(9-22)11(2)20/h5-6,10-12H,4,7-9,20H2,1-3H3,(H,24,25)/t11-,12-/m1/s1. The van der Waals surface area contributed by atoms with E-state index in [1.54, 1.807) is 17.7 Å². The van der Waals surface area contributed by atoms with E-state index in [-0.39, 0.29) is 11.6 Å². The predicted molar refractivity (Wildman–Crippen MR) is 101 cm³/mol. The number of pyridine rings is 1. The zero-order valence-electron chi connectivity index (χ0n) is 15.4. The first-order chi connectivity index (χ1) is 12.4. The zero-order chi connectivity index (χ0) is 19.0. The Hall–Kier alpha value is -2.54. The van der Waals surface area contributed by atoms with Crippen LogP contribution in [-0.4, -0.2) is 41.9 Å². The lowest BCUT2D eigenvalue weighted by molar-refractivity contribution is 0.0695. The van der Waals surface area contributed by atoms with Gasteiger partial charge in [-0.2, -0.15) is 0 Å². The van der Waals surface area contributed by atoms with E-state index in [1.165, 1.54) is 6.20 Å². The van der Waals surface area contributed by atoms with Crippen LogP contribution < -0.4 is 20.8 Å². The van der Waals surface area contributed by atoms with Gasteiger partial charge in [-0.3, -0.25) is 4.79 Å². The van der Waals surface area contributed by atoms with Crippen molar-refractivity contribution in [2.75, 3.05) is 25.1 Å². The van der Waals surface area contributed by atoms with E-state index in [9.17, 15) is 14.7 Å². The molecule has 1 aromatic heterocycles. The van der Waals surface area contributed by atoms with E-state index >= 15 is 0 Å². The number of carboxylic acid groups (broad SMARTS) is 1. The van der Waals surface area contributed by atoms with E-state index < -0.39 is 11.4 Å². The van der Waals surface area contributed by atoms with Gasteiger partial charge in [-0.25, -0.2) is 4.79 Å². The van der Waals surface area contributed by atoms with Gasteiger partial charge in [0.15, 0.2) is 5.75 Å². The molecule has 2 heterocycles. The van der Waals surface area contributed by atoms with Crippen LogP contribution in [0.15, 0.2) is 23.1 Å². The van der Waals surface area contributed by atoms with Crippen LogP contribution in [0.5, 0.6) is 5.75 Å². The van der Waals surface area contributed by atoms with Crippen molar-refractivity contribution < 1.29 is 14.6 Å². The molecule has 1 fully saturated rings. The van der Waals surface area contributed by atoms with Crippen LogP contribution in [0.4, 0.5) is 5.69 Å². The summed E-state index contributed by atoms with van der Waals surface area (Å²) in [5, 5.41) is 9.67. The van der Waals surface area contributed by atoms with Gasteiger partial charge in [-0.1, -0.05) is 0 Å². The monoisotopic (exact) mass is 359 g/mol. The molecule has 0 bridgehead atoms. The maximum absolute atomic E-state index is 12.6. The van der Waals surface area contributed by atoms with E-state index in [1.807, 2.05) is 19.9 Å². The molecule has 0 amide bonds. The SMILES string of the molecule is CCn1cc(C(=O)O)c(=O)c2ccc(N3CC[C@@H]([C@@H](C)N)C3)c(OC)c21. The van der Waals surface area contributed by atoms with Crippen LogP contribution >= 0.6 is 0 Å². The quantitative estimate of drug-likeness (QED) is 0.846. The lowest BCUT2D eigenvalue weighted by Gasteiger charge is -2.24. The molecule has 0 radical (unpaired) electrons. The number of fused-ring (bicyclic) bond motifs is 1. The minimum atomic E-state index is -1.22. The Morgan fingerprint density at radius 2 is 2.19 bits per heavy atom. The Balaban J connectivity index is 2.21. The van der Waals surface area contributed by atoms with Crippen molar-refractivity contribution >= 4 is 22.6 Å². The van der Waals surface area contributed by atoms with Crippen molar-refractivity contribution in [2.24, 2.45) is 11.7 Å². The number of aryl methyl sites for hydroxylation is 1. The molecule has 2 aromatic rings. The number of ether oxygens (including phenoxy) is 1. The van der Waals surface area contributed by atoms with Crippen LogP contribution in [0.1, 0.15) is 30.6 Å². The Bertz CT molecular complexity index is 904. The third-order valence-corrected chi connectivity index (χ3v) is 5.26. The zero-order valence-corrected chi connectivity index (χ0v) is 15.4. The molecule has 1 aliphatic rings. The number of benzene rings is 1. The minimum absolute atomic E-state index is 0.124. The molecule has 26 heavy (non-hydrogen) atoms. The molecular weight excluding hydrogens is 334 g/mol. The maximum atomic E-state index is 12.6. The van der Waals surface area contributed by atoms with Crippen LogP contribution in [0, 0.1) is 5.92 Å². The molecule has 1 saturated heterocycles. The van der Waals surface area contributed by atoms with Gasteiger partial charge in [0.1, 0.15) is 5.56 Å². The number of anilines is 1. The highest BCUT2D eigenvalue weighted by Crippen LogP contribution is 2.38. The number of hydrogen-bond donors (Lipinski definition) is 2. The van der Waals surface area contributed by atoms with E-state index in [0.29, 0.717) is 29.1 Å². The smallest absolute Gasteiger partial charge is 0.341 e. The second-order valence-corrected chi connectivity index (χ2v) is 6.83. The van der Waals surface area contributed by atoms with Crippen molar-refractivity contribution in [3.8, 4) is 5.75 Å². The van der Waals surface area contributed by atoms with Crippen LogP contribution in [0.3, 0.4) is 0 Å². The fourth-order valence-corrected chi connectivity index (χ4v) is 3.74. The number of carboxylic acids is 1. The van der Waals surface area contributed by atoms with Gasteiger partial charge in [0.2, 0.25) is 5.43 Å². The summed E-state index contributed by atoms with van der Waals surface area (Å²) in [6, 6.07) is 3.67. The highest BCUT2D eigenvalue weighted by Gasteiger charge is 2.28. The molecule has 140 valence electrons. The Labute approximate surface area is 152 Å². The first-order valence-corrected chi connectivity index (χ1v) is 8.87. The molecule has 0 spiro atoms. The van der Waals surface area contributed by atoms with Gasteiger partial charge in [0.25, 0.3) is 0 Å². The predicted octanol–water partition coefficient (Wildman–Crippen LogP) is 1.90. The van der Waals surface area contributed by atoms with Gasteiger partial charge in [0.05, 0.1) is 23.7 Å². The Kier molecular flexibility index (Phi) is 4.91. The molecule has 7 nitrogen and oxygen atoms in total.